The summed E-state index contributed by atoms with van der Waals surface area (Å²) in [5.74, 6) is 0.252. The van der Waals surface area contributed by atoms with Crippen molar-refractivity contribution in [3.05, 3.63) is 69.2 Å². The van der Waals surface area contributed by atoms with Crippen molar-refractivity contribution in [2.75, 3.05) is 0 Å². The number of rotatable bonds is 3. The lowest BCUT2D eigenvalue weighted by Gasteiger charge is -2.15. The average Bonchev–Trinajstić information content (AvgIpc) is 2.37. The topological polar surface area (TPSA) is 0 Å². The van der Waals surface area contributed by atoms with Crippen molar-refractivity contribution in [1.82, 2.24) is 0 Å². The molecule has 0 amide bonds. The Morgan fingerprint density at radius 1 is 1.06 bits per heavy atom. The van der Waals surface area contributed by atoms with Gasteiger partial charge in [-0.15, -0.1) is 0 Å². The molecule has 1 unspecified atom stereocenters. The highest BCUT2D eigenvalue weighted by Crippen LogP contribution is 2.31. The van der Waals surface area contributed by atoms with Gasteiger partial charge >= 0.3 is 0 Å². The molecule has 0 nitrogen and oxygen atoms in total. The summed E-state index contributed by atoms with van der Waals surface area (Å²) in [6, 6.07) is 14.2. The molecule has 94 valence electrons. The number of hydrogen-bond donors (Lipinski definition) is 0. The quantitative estimate of drug-likeness (QED) is 0.675. The van der Waals surface area contributed by atoms with Crippen LogP contribution in [-0.2, 0) is 6.42 Å². The molecule has 0 fully saturated rings. The molecule has 2 rings (SSSR count). The van der Waals surface area contributed by atoms with Crippen LogP contribution >= 0.6 is 23.2 Å². The molecule has 0 aliphatic carbocycles. The zero-order valence-electron chi connectivity index (χ0n) is 10.6. The van der Waals surface area contributed by atoms with E-state index in [0.29, 0.717) is 0 Å². The van der Waals surface area contributed by atoms with Gasteiger partial charge in [0.05, 0.1) is 0 Å². The molecule has 0 aliphatic rings. The smallest absolute Gasteiger partial charge is 0.0444 e. The molecule has 2 aromatic rings. The number of aryl methyl sites for hydroxylation is 1. The van der Waals surface area contributed by atoms with Crippen LogP contribution in [0.5, 0.6) is 0 Å². The SMILES string of the molecule is CCc1cc(Cl)cc(C(C)c2ccccc2Cl)c1. The molecule has 0 radical (unpaired) electrons. The maximum atomic E-state index is 6.25. The maximum Gasteiger partial charge on any atom is 0.0444 e. The minimum absolute atomic E-state index is 0.252. The first-order valence-corrected chi connectivity index (χ1v) is 6.91. The molecule has 0 heterocycles. The van der Waals surface area contributed by atoms with Crippen LogP contribution < -0.4 is 0 Å². The Hall–Kier alpha value is -0.980. The van der Waals surface area contributed by atoms with Gasteiger partial charge in [0.15, 0.2) is 0 Å². The van der Waals surface area contributed by atoms with Crippen LogP contribution in [0.15, 0.2) is 42.5 Å². The van der Waals surface area contributed by atoms with E-state index in [1.165, 1.54) is 11.1 Å². The molecule has 0 N–H and O–H groups in total. The van der Waals surface area contributed by atoms with Crippen molar-refractivity contribution < 1.29 is 0 Å². The second-order valence-corrected chi connectivity index (χ2v) is 5.33. The highest BCUT2D eigenvalue weighted by atomic mass is 35.5. The molecule has 0 aromatic heterocycles. The lowest BCUT2D eigenvalue weighted by molar-refractivity contribution is 0.916. The fourth-order valence-electron chi connectivity index (χ4n) is 2.14. The fraction of sp³-hybridized carbons (Fsp3) is 0.250. The van der Waals surface area contributed by atoms with E-state index in [9.17, 15) is 0 Å². The molecule has 1 atom stereocenters. The summed E-state index contributed by atoms with van der Waals surface area (Å²) in [6.45, 7) is 4.29. The van der Waals surface area contributed by atoms with Crippen LogP contribution in [0.25, 0.3) is 0 Å². The van der Waals surface area contributed by atoms with Crippen molar-refractivity contribution in [1.29, 1.82) is 0 Å². The molecular weight excluding hydrogens is 263 g/mol. The third kappa shape index (κ3) is 2.88. The van der Waals surface area contributed by atoms with Gasteiger partial charge in [0, 0.05) is 16.0 Å². The van der Waals surface area contributed by atoms with E-state index < -0.39 is 0 Å². The molecule has 0 saturated heterocycles. The van der Waals surface area contributed by atoms with E-state index >= 15 is 0 Å². The first-order chi connectivity index (χ1) is 8.61. The second kappa shape index (κ2) is 5.77. The van der Waals surface area contributed by atoms with Crippen LogP contribution in [0.1, 0.15) is 36.5 Å². The molecule has 2 heteroatoms. The van der Waals surface area contributed by atoms with Crippen LogP contribution in [0, 0.1) is 0 Å². The third-order valence-electron chi connectivity index (χ3n) is 3.26. The zero-order valence-corrected chi connectivity index (χ0v) is 12.1. The van der Waals surface area contributed by atoms with Gasteiger partial charge in [-0.25, -0.2) is 0 Å². The van der Waals surface area contributed by atoms with Crippen LogP contribution in [0.4, 0.5) is 0 Å². The monoisotopic (exact) mass is 278 g/mol. The summed E-state index contributed by atoms with van der Waals surface area (Å²) < 4.78 is 0. The Labute approximate surface area is 119 Å². The van der Waals surface area contributed by atoms with Gasteiger partial charge in [0.1, 0.15) is 0 Å². The van der Waals surface area contributed by atoms with E-state index in [1.807, 2.05) is 30.3 Å². The summed E-state index contributed by atoms with van der Waals surface area (Å²) in [7, 11) is 0. The predicted octanol–water partition coefficient (Wildman–Crippen LogP) is 5.71. The largest absolute Gasteiger partial charge is 0.0843 e. The molecule has 0 aliphatic heterocycles. The van der Waals surface area contributed by atoms with Crippen LogP contribution in [0.2, 0.25) is 10.0 Å². The Bertz CT molecular complexity index is 547. The lowest BCUT2D eigenvalue weighted by atomic mass is 9.91. The van der Waals surface area contributed by atoms with Gasteiger partial charge in [-0.05, 0) is 41.3 Å². The highest BCUT2D eigenvalue weighted by Gasteiger charge is 2.12. The Morgan fingerprint density at radius 2 is 1.78 bits per heavy atom. The average molecular weight is 279 g/mol. The van der Waals surface area contributed by atoms with E-state index in [1.54, 1.807) is 0 Å². The highest BCUT2D eigenvalue weighted by molar-refractivity contribution is 6.31. The van der Waals surface area contributed by atoms with Gasteiger partial charge in [-0.2, -0.15) is 0 Å². The summed E-state index contributed by atoms with van der Waals surface area (Å²) >= 11 is 12.4. The normalized spacial score (nSPS) is 12.4. The van der Waals surface area contributed by atoms with Crippen LogP contribution in [0.3, 0.4) is 0 Å². The third-order valence-corrected chi connectivity index (χ3v) is 3.82. The Kier molecular flexibility index (Phi) is 4.31. The van der Waals surface area contributed by atoms with Crippen molar-refractivity contribution >= 4 is 23.2 Å². The minimum atomic E-state index is 0.252. The van der Waals surface area contributed by atoms with Gasteiger partial charge in [0.25, 0.3) is 0 Å². The summed E-state index contributed by atoms with van der Waals surface area (Å²) in [6.07, 6.45) is 0.989. The number of hydrogen-bond acceptors (Lipinski definition) is 0. The van der Waals surface area contributed by atoms with Crippen molar-refractivity contribution in [2.45, 2.75) is 26.2 Å². The lowest BCUT2D eigenvalue weighted by Crippen LogP contribution is -1.98. The Morgan fingerprint density at radius 3 is 2.44 bits per heavy atom. The molecule has 18 heavy (non-hydrogen) atoms. The first kappa shape index (κ1) is 13.5. The standard InChI is InChI=1S/C16H16Cl2/c1-3-12-8-13(10-14(17)9-12)11(2)15-6-4-5-7-16(15)18/h4-11H,3H2,1-2H3. The number of halogens is 2. The summed E-state index contributed by atoms with van der Waals surface area (Å²) in [5.41, 5.74) is 3.62. The molecule has 2 aromatic carbocycles. The van der Waals surface area contributed by atoms with Crippen molar-refractivity contribution in [3.63, 3.8) is 0 Å². The van der Waals surface area contributed by atoms with E-state index in [-0.39, 0.29) is 5.92 Å². The van der Waals surface area contributed by atoms with Gasteiger partial charge in [-0.3, -0.25) is 0 Å². The van der Waals surface area contributed by atoms with Gasteiger partial charge in [-0.1, -0.05) is 61.3 Å². The van der Waals surface area contributed by atoms with Crippen molar-refractivity contribution in [2.24, 2.45) is 0 Å². The first-order valence-electron chi connectivity index (χ1n) is 6.15. The van der Waals surface area contributed by atoms with E-state index in [2.05, 4.69) is 26.0 Å². The summed E-state index contributed by atoms with van der Waals surface area (Å²) in [5, 5.41) is 1.60. The molecule has 0 spiro atoms. The summed E-state index contributed by atoms with van der Waals surface area (Å²) in [4.78, 5) is 0. The van der Waals surface area contributed by atoms with Crippen molar-refractivity contribution in [3.8, 4) is 0 Å². The fourth-order valence-corrected chi connectivity index (χ4v) is 2.70. The minimum Gasteiger partial charge on any atom is -0.0843 e. The van der Waals surface area contributed by atoms with Crippen LogP contribution in [-0.4, -0.2) is 0 Å². The van der Waals surface area contributed by atoms with Gasteiger partial charge < -0.3 is 0 Å². The van der Waals surface area contributed by atoms with Gasteiger partial charge in [0.2, 0.25) is 0 Å². The predicted molar refractivity (Wildman–Crippen MR) is 79.8 cm³/mol. The van der Waals surface area contributed by atoms with E-state index in [0.717, 1.165) is 22.0 Å². The van der Waals surface area contributed by atoms with E-state index in [4.69, 9.17) is 23.2 Å². The zero-order chi connectivity index (χ0) is 13.1. The molecule has 0 bridgehead atoms. The maximum absolute atomic E-state index is 6.25. The number of benzene rings is 2. The second-order valence-electron chi connectivity index (χ2n) is 4.49. The Balaban J connectivity index is 2.43. The molecular formula is C16H16Cl2. The molecule has 0 saturated carbocycles.